The van der Waals surface area contributed by atoms with E-state index in [1.807, 2.05) is 27.7 Å². The standard InChI is InChI=1S/C17H26N2O2/c1-13(2)21-15-10-14(11-18-12-15)16(20)17(3,4)19-8-6-5-7-9-19/h10-13H,5-9H2,1-4H3. The molecular formula is C17H26N2O2. The molecule has 2 rings (SSSR count). The third-order valence-electron chi connectivity index (χ3n) is 4.05. The van der Waals surface area contributed by atoms with Crippen molar-refractivity contribution in [1.82, 2.24) is 9.88 Å². The minimum absolute atomic E-state index is 0.0762. The zero-order valence-electron chi connectivity index (χ0n) is 13.6. The summed E-state index contributed by atoms with van der Waals surface area (Å²) in [6.07, 6.45) is 6.98. The van der Waals surface area contributed by atoms with Crippen LogP contribution in [0, 0.1) is 0 Å². The number of pyridine rings is 1. The van der Waals surface area contributed by atoms with Crippen molar-refractivity contribution in [3.63, 3.8) is 0 Å². The molecule has 4 nitrogen and oxygen atoms in total. The van der Waals surface area contributed by atoms with Gasteiger partial charge >= 0.3 is 0 Å². The average Bonchev–Trinajstić information content (AvgIpc) is 2.47. The number of ether oxygens (including phenoxy) is 1. The first kappa shape index (κ1) is 16.0. The molecule has 2 heterocycles. The number of rotatable bonds is 5. The van der Waals surface area contributed by atoms with Crippen LogP contribution in [-0.4, -0.2) is 40.4 Å². The maximum Gasteiger partial charge on any atom is 0.184 e. The Morgan fingerprint density at radius 1 is 1.24 bits per heavy atom. The third kappa shape index (κ3) is 3.82. The van der Waals surface area contributed by atoms with Gasteiger partial charge in [-0.2, -0.15) is 0 Å². The van der Waals surface area contributed by atoms with Gasteiger partial charge < -0.3 is 4.74 Å². The molecule has 1 fully saturated rings. The van der Waals surface area contributed by atoms with Crippen molar-refractivity contribution in [2.75, 3.05) is 13.1 Å². The first-order chi connectivity index (χ1) is 9.91. The molecule has 0 aliphatic carbocycles. The van der Waals surface area contributed by atoms with Gasteiger partial charge in [0.2, 0.25) is 0 Å². The lowest BCUT2D eigenvalue weighted by Crippen LogP contribution is -2.52. The van der Waals surface area contributed by atoms with Crippen molar-refractivity contribution in [1.29, 1.82) is 0 Å². The summed E-state index contributed by atoms with van der Waals surface area (Å²) in [6, 6.07) is 1.81. The summed E-state index contributed by atoms with van der Waals surface area (Å²) < 4.78 is 5.63. The van der Waals surface area contributed by atoms with Crippen molar-refractivity contribution in [3.05, 3.63) is 24.0 Å². The summed E-state index contributed by atoms with van der Waals surface area (Å²) in [6.45, 7) is 9.94. The summed E-state index contributed by atoms with van der Waals surface area (Å²) in [7, 11) is 0. The summed E-state index contributed by atoms with van der Waals surface area (Å²) >= 11 is 0. The SMILES string of the molecule is CC(C)Oc1cncc(C(=O)C(C)(C)N2CCCCC2)c1. The van der Waals surface area contributed by atoms with E-state index in [1.165, 1.54) is 19.3 Å². The fourth-order valence-electron chi connectivity index (χ4n) is 2.83. The Morgan fingerprint density at radius 3 is 2.52 bits per heavy atom. The molecule has 1 aromatic rings. The molecule has 0 atom stereocenters. The first-order valence-corrected chi connectivity index (χ1v) is 7.83. The molecule has 0 spiro atoms. The van der Waals surface area contributed by atoms with Crippen LogP contribution < -0.4 is 4.74 Å². The molecule has 116 valence electrons. The van der Waals surface area contributed by atoms with E-state index in [2.05, 4.69) is 9.88 Å². The van der Waals surface area contributed by atoms with E-state index in [9.17, 15) is 4.79 Å². The van der Waals surface area contributed by atoms with Crippen LogP contribution in [0.25, 0.3) is 0 Å². The van der Waals surface area contributed by atoms with Crippen molar-refractivity contribution in [3.8, 4) is 5.75 Å². The highest BCUT2D eigenvalue weighted by molar-refractivity contribution is 6.02. The Labute approximate surface area is 127 Å². The van der Waals surface area contributed by atoms with E-state index in [-0.39, 0.29) is 11.9 Å². The van der Waals surface area contributed by atoms with Crippen LogP contribution >= 0.6 is 0 Å². The van der Waals surface area contributed by atoms with E-state index in [0.29, 0.717) is 11.3 Å². The minimum Gasteiger partial charge on any atom is -0.489 e. The number of aromatic nitrogens is 1. The zero-order chi connectivity index (χ0) is 15.5. The molecule has 4 heteroatoms. The van der Waals surface area contributed by atoms with Gasteiger partial charge in [0.15, 0.2) is 5.78 Å². The Balaban J connectivity index is 2.17. The quantitative estimate of drug-likeness (QED) is 0.780. The molecule has 0 amide bonds. The van der Waals surface area contributed by atoms with Gasteiger partial charge in [0.1, 0.15) is 5.75 Å². The number of hydrogen-bond donors (Lipinski definition) is 0. The van der Waals surface area contributed by atoms with Crippen LogP contribution in [0.4, 0.5) is 0 Å². The minimum atomic E-state index is -0.488. The fourth-order valence-corrected chi connectivity index (χ4v) is 2.83. The molecular weight excluding hydrogens is 264 g/mol. The highest BCUT2D eigenvalue weighted by atomic mass is 16.5. The predicted octanol–water partition coefficient (Wildman–Crippen LogP) is 3.32. The van der Waals surface area contributed by atoms with Crippen LogP contribution in [0.5, 0.6) is 5.75 Å². The molecule has 0 saturated carbocycles. The van der Waals surface area contributed by atoms with Gasteiger partial charge in [-0.25, -0.2) is 0 Å². The topological polar surface area (TPSA) is 42.4 Å². The molecule has 1 saturated heterocycles. The Bertz CT molecular complexity index is 491. The van der Waals surface area contributed by atoms with Crippen molar-refractivity contribution < 1.29 is 9.53 Å². The van der Waals surface area contributed by atoms with Crippen LogP contribution in [-0.2, 0) is 0 Å². The van der Waals surface area contributed by atoms with Crippen LogP contribution in [0.15, 0.2) is 18.5 Å². The van der Waals surface area contributed by atoms with Crippen LogP contribution in [0.2, 0.25) is 0 Å². The molecule has 0 N–H and O–H groups in total. The van der Waals surface area contributed by atoms with Gasteiger partial charge in [0.05, 0.1) is 17.8 Å². The number of piperidine rings is 1. The second-order valence-corrected chi connectivity index (χ2v) is 6.51. The number of hydrogen-bond acceptors (Lipinski definition) is 4. The van der Waals surface area contributed by atoms with E-state index in [0.717, 1.165) is 13.1 Å². The summed E-state index contributed by atoms with van der Waals surface area (Å²) in [5.41, 5.74) is 0.141. The van der Waals surface area contributed by atoms with Gasteiger partial charge in [-0.05, 0) is 59.7 Å². The van der Waals surface area contributed by atoms with Gasteiger partial charge in [-0.3, -0.25) is 14.7 Å². The number of carbonyl (C=O) groups excluding carboxylic acids is 1. The molecule has 0 aromatic carbocycles. The van der Waals surface area contributed by atoms with E-state index in [4.69, 9.17) is 4.74 Å². The maximum atomic E-state index is 12.9. The van der Waals surface area contributed by atoms with Gasteiger partial charge in [-0.15, -0.1) is 0 Å². The largest absolute Gasteiger partial charge is 0.489 e. The number of nitrogens with zero attached hydrogens (tertiary/aromatic N) is 2. The average molecular weight is 290 g/mol. The molecule has 0 bridgehead atoms. The lowest BCUT2D eigenvalue weighted by Gasteiger charge is -2.39. The van der Waals surface area contributed by atoms with Crippen molar-refractivity contribution >= 4 is 5.78 Å². The molecule has 1 aromatic heterocycles. The second-order valence-electron chi connectivity index (χ2n) is 6.51. The highest BCUT2D eigenvalue weighted by Gasteiger charge is 2.35. The monoisotopic (exact) mass is 290 g/mol. The molecule has 0 radical (unpaired) electrons. The maximum absolute atomic E-state index is 12.9. The Morgan fingerprint density at radius 2 is 1.90 bits per heavy atom. The first-order valence-electron chi connectivity index (χ1n) is 7.83. The molecule has 1 aliphatic rings. The van der Waals surface area contributed by atoms with Crippen LogP contribution in [0.3, 0.4) is 0 Å². The Kier molecular flexibility index (Phi) is 4.99. The van der Waals surface area contributed by atoms with Gasteiger partial charge in [0, 0.05) is 11.8 Å². The Hall–Kier alpha value is -1.42. The normalized spacial score (nSPS) is 17.0. The highest BCUT2D eigenvalue weighted by Crippen LogP contribution is 2.25. The van der Waals surface area contributed by atoms with Gasteiger partial charge in [0.25, 0.3) is 0 Å². The van der Waals surface area contributed by atoms with E-state index in [1.54, 1.807) is 18.5 Å². The lowest BCUT2D eigenvalue weighted by atomic mass is 9.90. The summed E-state index contributed by atoms with van der Waals surface area (Å²) in [5.74, 6) is 0.774. The van der Waals surface area contributed by atoms with Crippen molar-refractivity contribution in [2.24, 2.45) is 0 Å². The summed E-state index contributed by atoms with van der Waals surface area (Å²) in [5, 5.41) is 0. The molecule has 1 aliphatic heterocycles. The number of likely N-dealkylation sites (tertiary alicyclic amines) is 1. The number of carbonyl (C=O) groups is 1. The third-order valence-corrected chi connectivity index (χ3v) is 4.05. The fraction of sp³-hybridized carbons (Fsp3) is 0.647. The number of ketones is 1. The van der Waals surface area contributed by atoms with Crippen LogP contribution in [0.1, 0.15) is 57.3 Å². The van der Waals surface area contributed by atoms with Crippen molar-refractivity contribution in [2.45, 2.75) is 58.6 Å². The van der Waals surface area contributed by atoms with E-state index >= 15 is 0 Å². The van der Waals surface area contributed by atoms with E-state index < -0.39 is 5.54 Å². The number of Topliss-reactive ketones (excluding diaryl/α,β-unsaturated/α-hetero) is 1. The molecule has 0 unspecified atom stereocenters. The predicted molar refractivity (Wildman–Crippen MR) is 83.8 cm³/mol. The second kappa shape index (κ2) is 6.56. The zero-order valence-corrected chi connectivity index (χ0v) is 13.6. The summed E-state index contributed by atoms with van der Waals surface area (Å²) in [4.78, 5) is 19.3. The molecule has 21 heavy (non-hydrogen) atoms. The smallest absolute Gasteiger partial charge is 0.184 e. The van der Waals surface area contributed by atoms with Gasteiger partial charge in [-0.1, -0.05) is 6.42 Å². The lowest BCUT2D eigenvalue weighted by molar-refractivity contribution is 0.0578.